The number of benzene rings is 2. The van der Waals surface area contributed by atoms with Gasteiger partial charge in [0.25, 0.3) is 0 Å². The molecule has 3 rings (SSSR count). The highest BCUT2D eigenvalue weighted by atomic mass is 32.1. The third kappa shape index (κ3) is 4.08. The number of halogens is 1. The maximum atomic E-state index is 14.5. The van der Waals surface area contributed by atoms with E-state index in [9.17, 15) is 9.18 Å². The molecule has 1 amide bonds. The van der Waals surface area contributed by atoms with E-state index < -0.39 is 5.82 Å². The summed E-state index contributed by atoms with van der Waals surface area (Å²) in [5.74, 6) is -0.568. The van der Waals surface area contributed by atoms with E-state index >= 15 is 0 Å². The van der Waals surface area contributed by atoms with Crippen molar-refractivity contribution in [3.05, 3.63) is 64.8 Å². The van der Waals surface area contributed by atoms with E-state index in [0.29, 0.717) is 18.0 Å². The number of carbonyl (C=O) groups is 1. The van der Waals surface area contributed by atoms with Gasteiger partial charge < -0.3 is 0 Å². The minimum atomic E-state index is -0.424. The van der Waals surface area contributed by atoms with Crippen LogP contribution < -0.4 is 4.90 Å². The smallest absolute Gasteiger partial charge is 0.233 e. The molecule has 2 aromatic carbocycles. The Hall–Kier alpha value is -2.53. The first kappa shape index (κ1) is 19.2. The number of amides is 1. The number of aryl methyl sites for hydroxylation is 2. The van der Waals surface area contributed by atoms with Crippen LogP contribution in [0, 0.1) is 12.7 Å². The third-order valence-corrected chi connectivity index (χ3v) is 5.51. The molecule has 3 nitrogen and oxygen atoms in total. The number of hydrogen-bond acceptors (Lipinski definition) is 3. The molecular weight excluding hydrogens is 359 g/mol. The van der Waals surface area contributed by atoms with Crippen molar-refractivity contribution in [1.82, 2.24) is 4.98 Å². The van der Waals surface area contributed by atoms with Gasteiger partial charge in [0, 0.05) is 16.9 Å². The normalized spacial score (nSPS) is 10.8. The van der Waals surface area contributed by atoms with Gasteiger partial charge in [-0.2, -0.15) is 0 Å². The molecule has 3 aromatic rings. The molecule has 0 saturated carbocycles. The minimum absolute atomic E-state index is 0.144. The van der Waals surface area contributed by atoms with Crippen LogP contribution in [0.1, 0.15) is 37.1 Å². The molecule has 1 heterocycles. The van der Waals surface area contributed by atoms with Crippen LogP contribution in [-0.2, 0) is 11.2 Å². The number of carbonyl (C=O) groups excluding carboxylic acids is 1. The van der Waals surface area contributed by atoms with Crippen LogP contribution in [0.25, 0.3) is 11.3 Å². The quantitative estimate of drug-likeness (QED) is 0.502. The summed E-state index contributed by atoms with van der Waals surface area (Å²) in [4.78, 5) is 20.1. The van der Waals surface area contributed by atoms with Crippen LogP contribution in [0.3, 0.4) is 0 Å². The second-order valence-corrected chi connectivity index (χ2v) is 7.48. The van der Waals surface area contributed by atoms with Crippen molar-refractivity contribution in [3.63, 3.8) is 0 Å². The van der Waals surface area contributed by atoms with Crippen LogP contribution >= 0.6 is 11.3 Å². The lowest BCUT2D eigenvalue weighted by molar-refractivity contribution is -0.117. The fourth-order valence-electron chi connectivity index (χ4n) is 2.91. The van der Waals surface area contributed by atoms with Crippen LogP contribution in [0.2, 0.25) is 0 Å². The lowest BCUT2D eigenvalue weighted by Gasteiger charge is -2.20. The fraction of sp³-hybridized carbons (Fsp3) is 0.273. The third-order valence-electron chi connectivity index (χ3n) is 4.33. The maximum Gasteiger partial charge on any atom is 0.233 e. The lowest BCUT2D eigenvalue weighted by atomic mass is 10.1. The van der Waals surface area contributed by atoms with Crippen molar-refractivity contribution < 1.29 is 9.18 Å². The monoisotopic (exact) mass is 382 g/mol. The van der Waals surface area contributed by atoms with Crippen molar-refractivity contribution in [3.8, 4) is 11.3 Å². The summed E-state index contributed by atoms with van der Waals surface area (Å²) in [5, 5.41) is 0.519. The van der Waals surface area contributed by atoms with E-state index in [1.807, 2.05) is 38.1 Å². The molecule has 0 aliphatic rings. The topological polar surface area (TPSA) is 33.2 Å². The first-order valence-corrected chi connectivity index (χ1v) is 10.0. The molecule has 0 aliphatic heterocycles. The van der Waals surface area contributed by atoms with E-state index in [2.05, 4.69) is 6.92 Å². The standard InChI is InChI=1S/C22H23FN2OS/c1-4-8-20(26)25(18-10-7-6-9-17(18)23)22-24-21(19(5-2)27-22)16-13-11-15(3)12-14-16/h6-7,9-14H,4-5,8H2,1-3H3. The number of thiazole rings is 1. The Balaban J connectivity index is 2.11. The number of aromatic nitrogens is 1. The van der Waals surface area contributed by atoms with E-state index in [1.54, 1.807) is 18.2 Å². The molecule has 5 heteroatoms. The van der Waals surface area contributed by atoms with Crippen molar-refractivity contribution in [2.24, 2.45) is 0 Å². The molecule has 0 aliphatic carbocycles. The molecular formula is C22H23FN2OS. The molecule has 0 radical (unpaired) electrons. The summed E-state index contributed by atoms with van der Waals surface area (Å²) in [7, 11) is 0. The van der Waals surface area contributed by atoms with Gasteiger partial charge in [-0.15, -0.1) is 11.3 Å². The SMILES string of the molecule is CCCC(=O)N(c1nc(-c2ccc(C)cc2)c(CC)s1)c1ccccc1F. The van der Waals surface area contributed by atoms with Gasteiger partial charge in [0.15, 0.2) is 5.13 Å². The molecule has 0 atom stereocenters. The highest BCUT2D eigenvalue weighted by molar-refractivity contribution is 7.16. The Labute approximate surface area is 163 Å². The van der Waals surface area contributed by atoms with Crippen LogP contribution in [0.4, 0.5) is 15.2 Å². The van der Waals surface area contributed by atoms with E-state index in [1.165, 1.54) is 27.9 Å². The summed E-state index contributed by atoms with van der Waals surface area (Å²) in [6.07, 6.45) is 1.84. The number of para-hydroxylation sites is 1. The van der Waals surface area contributed by atoms with Gasteiger partial charge in [-0.1, -0.05) is 55.8 Å². The Morgan fingerprint density at radius 1 is 1.11 bits per heavy atom. The lowest BCUT2D eigenvalue weighted by Crippen LogP contribution is -2.26. The summed E-state index contributed by atoms with van der Waals surface area (Å²) < 4.78 is 14.5. The van der Waals surface area contributed by atoms with Crippen LogP contribution in [-0.4, -0.2) is 10.9 Å². The molecule has 0 unspecified atom stereocenters. The van der Waals surface area contributed by atoms with Gasteiger partial charge >= 0.3 is 0 Å². The van der Waals surface area contributed by atoms with Crippen LogP contribution in [0.5, 0.6) is 0 Å². The molecule has 27 heavy (non-hydrogen) atoms. The zero-order chi connectivity index (χ0) is 19.4. The fourth-order valence-corrected chi connectivity index (χ4v) is 3.97. The molecule has 0 fully saturated rings. The summed E-state index contributed by atoms with van der Waals surface area (Å²) in [5.41, 5.74) is 3.31. The number of nitrogens with zero attached hydrogens (tertiary/aromatic N) is 2. The minimum Gasteiger partial charge on any atom is -0.274 e. The van der Waals surface area contributed by atoms with E-state index in [4.69, 9.17) is 4.98 Å². The predicted octanol–water partition coefficient (Wildman–Crippen LogP) is 6.28. The Morgan fingerprint density at radius 2 is 1.81 bits per heavy atom. The Kier molecular flexibility index (Phi) is 6.01. The summed E-state index contributed by atoms with van der Waals surface area (Å²) in [6.45, 7) is 6.05. The molecule has 0 N–H and O–H groups in total. The Morgan fingerprint density at radius 3 is 2.44 bits per heavy atom. The number of hydrogen-bond donors (Lipinski definition) is 0. The van der Waals surface area contributed by atoms with Crippen molar-refractivity contribution in [1.29, 1.82) is 0 Å². The number of rotatable bonds is 6. The van der Waals surface area contributed by atoms with Gasteiger partial charge in [0.05, 0.1) is 11.4 Å². The van der Waals surface area contributed by atoms with Gasteiger partial charge in [0.1, 0.15) is 5.82 Å². The molecule has 0 saturated heterocycles. The zero-order valence-corrected chi connectivity index (χ0v) is 16.6. The first-order valence-electron chi connectivity index (χ1n) is 9.19. The van der Waals surface area contributed by atoms with Crippen molar-refractivity contribution in [2.45, 2.75) is 40.0 Å². The first-order chi connectivity index (χ1) is 13.0. The van der Waals surface area contributed by atoms with E-state index in [-0.39, 0.29) is 11.6 Å². The largest absolute Gasteiger partial charge is 0.274 e. The second kappa shape index (κ2) is 8.44. The zero-order valence-electron chi connectivity index (χ0n) is 15.8. The molecule has 0 bridgehead atoms. The molecule has 140 valence electrons. The van der Waals surface area contributed by atoms with E-state index in [0.717, 1.165) is 22.6 Å². The molecule has 0 spiro atoms. The van der Waals surface area contributed by atoms with Crippen LogP contribution in [0.15, 0.2) is 48.5 Å². The average molecular weight is 383 g/mol. The average Bonchev–Trinajstić information content (AvgIpc) is 3.08. The van der Waals surface area contributed by atoms with Gasteiger partial charge in [0.2, 0.25) is 5.91 Å². The molecule has 1 aromatic heterocycles. The summed E-state index contributed by atoms with van der Waals surface area (Å²) >= 11 is 1.45. The summed E-state index contributed by atoms with van der Waals surface area (Å²) in [6, 6.07) is 14.5. The van der Waals surface area contributed by atoms with Gasteiger partial charge in [-0.25, -0.2) is 9.37 Å². The predicted molar refractivity (Wildman–Crippen MR) is 110 cm³/mol. The van der Waals surface area contributed by atoms with Crippen molar-refractivity contribution in [2.75, 3.05) is 4.90 Å². The Bertz CT molecular complexity index is 934. The second-order valence-electron chi connectivity index (χ2n) is 6.42. The number of anilines is 2. The van der Waals surface area contributed by atoms with Crippen molar-refractivity contribution >= 4 is 28.1 Å². The highest BCUT2D eigenvalue weighted by Crippen LogP contribution is 2.38. The van der Waals surface area contributed by atoms with Gasteiger partial charge in [-0.05, 0) is 31.9 Å². The maximum absolute atomic E-state index is 14.5. The van der Waals surface area contributed by atoms with Gasteiger partial charge in [-0.3, -0.25) is 9.69 Å². The highest BCUT2D eigenvalue weighted by Gasteiger charge is 2.25.